The Bertz CT molecular complexity index is 1380. The van der Waals surface area contributed by atoms with Gasteiger partial charge in [0, 0.05) is 30.8 Å². The lowest BCUT2D eigenvalue weighted by Crippen LogP contribution is -2.64. The van der Waals surface area contributed by atoms with Gasteiger partial charge in [0.15, 0.2) is 5.78 Å². The molecule has 3 heterocycles. The first-order valence-corrected chi connectivity index (χ1v) is 12.7. The zero-order valence-electron chi connectivity index (χ0n) is 21.4. The number of nitrogens with zero attached hydrogens (tertiary/aromatic N) is 4. The van der Waals surface area contributed by atoms with Crippen LogP contribution >= 0.6 is 0 Å². The summed E-state index contributed by atoms with van der Waals surface area (Å²) in [4.78, 5) is 92.8. The predicted octanol–water partition coefficient (Wildman–Crippen LogP) is -0.901. The molecular weight excluding hydrogens is 524 g/mol. The number of carboxylic acid groups (broad SMARTS) is 1. The van der Waals surface area contributed by atoms with Crippen molar-refractivity contribution in [3.05, 3.63) is 64.8 Å². The molecule has 2 aliphatic rings. The normalized spacial score (nSPS) is 19.7. The summed E-state index contributed by atoms with van der Waals surface area (Å²) in [5.74, 6) is -4.55. The molecular formula is C26H28N6O8. The Balaban J connectivity index is 1.54. The number of fused-ring (bicyclic) bond motifs is 1. The third kappa shape index (κ3) is 6.39. The summed E-state index contributed by atoms with van der Waals surface area (Å²) in [5.41, 5.74) is -0.220. The molecule has 2 saturated heterocycles. The Morgan fingerprint density at radius 1 is 1.05 bits per heavy atom. The van der Waals surface area contributed by atoms with Crippen LogP contribution in [0.5, 0.6) is 0 Å². The maximum absolute atomic E-state index is 13.6. The van der Waals surface area contributed by atoms with Gasteiger partial charge in [0.25, 0.3) is 17.4 Å². The van der Waals surface area contributed by atoms with Crippen LogP contribution in [0.1, 0.15) is 42.5 Å². The maximum Gasteiger partial charge on any atom is 0.305 e. The first-order chi connectivity index (χ1) is 19.2. The van der Waals surface area contributed by atoms with E-state index in [4.69, 9.17) is 0 Å². The summed E-state index contributed by atoms with van der Waals surface area (Å²) in [6, 6.07) is 5.50. The van der Waals surface area contributed by atoms with E-state index in [0.717, 1.165) is 22.0 Å². The van der Waals surface area contributed by atoms with Gasteiger partial charge in [0.1, 0.15) is 12.1 Å². The second kappa shape index (κ2) is 12.3. The summed E-state index contributed by atoms with van der Waals surface area (Å²) >= 11 is 0. The van der Waals surface area contributed by atoms with Gasteiger partial charge in [-0.3, -0.25) is 43.1 Å². The van der Waals surface area contributed by atoms with E-state index in [0.29, 0.717) is 12.0 Å². The monoisotopic (exact) mass is 552 g/mol. The summed E-state index contributed by atoms with van der Waals surface area (Å²) in [6.07, 6.45) is 2.08. The van der Waals surface area contributed by atoms with Crippen molar-refractivity contribution in [3.63, 3.8) is 0 Å². The van der Waals surface area contributed by atoms with E-state index in [9.17, 15) is 38.7 Å². The molecule has 2 fully saturated rings. The fraction of sp³-hybridized carbons (Fsp3) is 0.385. The Hall–Kier alpha value is -4.88. The standard InChI is InChI=1S/C26H28N6O8/c33-20(14-30-15-27-11-10-21(30)34)18(13-23(36)37)29-25(39)19-7-4-12-31-22(35)9-8-17(26(40)32(19)31)28-24(38)16-5-2-1-3-6-16/h1-3,5-6,10-11,15,17-19H,4,7-9,12-14H2,(H,28,38)(H,29,39)(H,36,37)/t17-,18-,19-/m0/s1. The van der Waals surface area contributed by atoms with Crippen LogP contribution in [0, 0.1) is 0 Å². The molecule has 14 heteroatoms. The van der Waals surface area contributed by atoms with Crippen molar-refractivity contribution in [2.45, 2.75) is 56.8 Å². The average molecular weight is 553 g/mol. The third-order valence-corrected chi connectivity index (χ3v) is 6.71. The predicted molar refractivity (Wildman–Crippen MR) is 136 cm³/mol. The summed E-state index contributed by atoms with van der Waals surface area (Å²) in [6.45, 7) is -0.356. The molecule has 2 aliphatic heterocycles. The fourth-order valence-corrected chi connectivity index (χ4v) is 4.70. The molecule has 3 N–H and O–H groups in total. The molecule has 14 nitrogen and oxygen atoms in total. The molecule has 1 aromatic heterocycles. The van der Waals surface area contributed by atoms with E-state index in [1.165, 1.54) is 11.2 Å². The minimum atomic E-state index is -1.51. The number of hydrazine groups is 1. The smallest absolute Gasteiger partial charge is 0.305 e. The molecule has 2 aromatic rings. The molecule has 0 radical (unpaired) electrons. The van der Waals surface area contributed by atoms with Crippen LogP contribution < -0.4 is 16.2 Å². The van der Waals surface area contributed by atoms with E-state index >= 15 is 0 Å². The van der Waals surface area contributed by atoms with Gasteiger partial charge in [0.2, 0.25) is 11.8 Å². The van der Waals surface area contributed by atoms with Gasteiger partial charge in [-0.15, -0.1) is 0 Å². The summed E-state index contributed by atoms with van der Waals surface area (Å²) < 4.78 is 0.975. The van der Waals surface area contributed by atoms with Gasteiger partial charge >= 0.3 is 5.97 Å². The molecule has 0 aliphatic carbocycles. The zero-order chi connectivity index (χ0) is 28.8. The van der Waals surface area contributed by atoms with Crippen molar-refractivity contribution in [2.75, 3.05) is 6.54 Å². The minimum Gasteiger partial charge on any atom is -0.481 e. The quantitative estimate of drug-likeness (QED) is 0.354. The van der Waals surface area contributed by atoms with Gasteiger partial charge in [-0.2, -0.15) is 0 Å². The number of hydrogen-bond donors (Lipinski definition) is 3. The number of carbonyl (C=O) groups is 6. The van der Waals surface area contributed by atoms with Crippen LogP contribution in [0.4, 0.5) is 0 Å². The van der Waals surface area contributed by atoms with Crippen LogP contribution in [-0.4, -0.2) is 84.7 Å². The number of rotatable bonds is 9. The van der Waals surface area contributed by atoms with E-state index in [1.807, 2.05) is 0 Å². The van der Waals surface area contributed by atoms with Gasteiger partial charge < -0.3 is 15.7 Å². The highest BCUT2D eigenvalue weighted by atomic mass is 16.4. The van der Waals surface area contributed by atoms with Crippen LogP contribution in [0.3, 0.4) is 0 Å². The molecule has 210 valence electrons. The number of carboxylic acids is 1. The number of benzene rings is 1. The number of hydrogen-bond acceptors (Lipinski definition) is 8. The molecule has 0 saturated carbocycles. The Labute approximate surface area is 227 Å². The van der Waals surface area contributed by atoms with E-state index in [-0.39, 0.29) is 25.8 Å². The SMILES string of the molecule is O=C(O)C[C@H](NC(=O)[C@@H]1CCCN2C(=O)CC[C@H](NC(=O)c3ccccc3)C(=O)N12)C(=O)Cn1cnccc1=O. The Kier molecular flexibility index (Phi) is 8.67. The number of aromatic nitrogens is 2. The van der Waals surface area contributed by atoms with Crippen LogP contribution in [0.25, 0.3) is 0 Å². The molecule has 1 aromatic carbocycles. The topological polar surface area (TPSA) is 188 Å². The van der Waals surface area contributed by atoms with Crippen molar-refractivity contribution in [3.8, 4) is 0 Å². The number of ketones is 1. The lowest BCUT2D eigenvalue weighted by Gasteiger charge is -2.43. The van der Waals surface area contributed by atoms with Gasteiger partial charge in [0.05, 0.1) is 25.3 Å². The van der Waals surface area contributed by atoms with Crippen LogP contribution in [-0.2, 0) is 30.5 Å². The highest BCUT2D eigenvalue weighted by Crippen LogP contribution is 2.25. The van der Waals surface area contributed by atoms with Crippen molar-refractivity contribution in [2.24, 2.45) is 0 Å². The van der Waals surface area contributed by atoms with Gasteiger partial charge in [-0.25, -0.2) is 9.99 Å². The highest BCUT2D eigenvalue weighted by Gasteiger charge is 2.45. The van der Waals surface area contributed by atoms with Crippen molar-refractivity contribution >= 4 is 35.4 Å². The number of aliphatic carboxylic acids is 1. The number of Topliss-reactive ketones (excluding diaryl/α,β-unsaturated/α-hetero) is 1. The number of nitrogens with one attached hydrogen (secondary N) is 2. The lowest BCUT2D eigenvalue weighted by atomic mass is 10.0. The number of amides is 4. The maximum atomic E-state index is 13.6. The molecule has 40 heavy (non-hydrogen) atoms. The summed E-state index contributed by atoms with van der Waals surface area (Å²) in [7, 11) is 0. The Morgan fingerprint density at radius 2 is 1.80 bits per heavy atom. The highest BCUT2D eigenvalue weighted by molar-refractivity contribution is 6.00. The van der Waals surface area contributed by atoms with Crippen molar-refractivity contribution < 1.29 is 33.9 Å². The van der Waals surface area contributed by atoms with E-state index in [1.54, 1.807) is 30.3 Å². The largest absolute Gasteiger partial charge is 0.481 e. The second-order valence-corrected chi connectivity index (χ2v) is 9.46. The molecule has 0 spiro atoms. The van der Waals surface area contributed by atoms with Crippen molar-refractivity contribution in [1.29, 1.82) is 0 Å². The molecule has 3 atom stereocenters. The molecule has 4 rings (SSSR count). The van der Waals surface area contributed by atoms with Gasteiger partial charge in [-0.05, 0) is 31.4 Å². The first-order valence-electron chi connectivity index (χ1n) is 12.7. The fourth-order valence-electron chi connectivity index (χ4n) is 4.70. The van der Waals surface area contributed by atoms with E-state index in [2.05, 4.69) is 15.6 Å². The van der Waals surface area contributed by atoms with Gasteiger partial charge in [-0.1, -0.05) is 18.2 Å². The average Bonchev–Trinajstić information content (AvgIpc) is 3.06. The zero-order valence-corrected chi connectivity index (χ0v) is 21.4. The molecule has 4 amide bonds. The molecule has 0 unspecified atom stereocenters. The van der Waals surface area contributed by atoms with Crippen LogP contribution in [0.15, 0.2) is 53.7 Å². The minimum absolute atomic E-state index is 0.0254. The molecule has 0 bridgehead atoms. The second-order valence-electron chi connectivity index (χ2n) is 9.46. The first kappa shape index (κ1) is 28.1. The lowest BCUT2D eigenvalue weighted by molar-refractivity contribution is -0.176. The van der Waals surface area contributed by atoms with E-state index < -0.39 is 72.0 Å². The number of carbonyl (C=O) groups excluding carboxylic acids is 5. The van der Waals surface area contributed by atoms with Crippen LogP contribution in [0.2, 0.25) is 0 Å². The Morgan fingerprint density at radius 3 is 2.50 bits per heavy atom. The summed E-state index contributed by atoms with van der Waals surface area (Å²) in [5, 5.41) is 16.6. The van der Waals surface area contributed by atoms with Crippen molar-refractivity contribution in [1.82, 2.24) is 30.2 Å². The third-order valence-electron chi connectivity index (χ3n) is 6.71.